The van der Waals surface area contributed by atoms with E-state index >= 15 is 0 Å². The minimum Gasteiger partial charge on any atom is -0.271 e. The van der Waals surface area contributed by atoms with Crippen LogP contribution in [0, 0.1) is 0 Å². The van der Waals surface area contributed by atoms with Crippen LogP contribution < -0.4 is 11.3 Å². The first-order chi connectivity index (χ1) is 8.20. The van der Waals surface area contributed by atoms with Crippen LogP contribution >= 0.6 is 38.9 Å². The number of thiophene rings is 1. The lowest BCUT2D eigenvalue weighted by atomic mass is 10.1. The quantitative estimate of drug-likeness (QED) is 0.513. The molecule has 2 heterocycles. The zero-order valence-corrected chi connectivity index (χ0v) is 12.0. The predicted molar refractivity (Wildman–Crippen MR) is 75.0 cm³/mol. The van der Waals surface area contributed by atoms with Crippen molar-refractivity contribution >= 4 is 38.9 Å². The molecule has 3 N–H and O–H groups in total. The van der Waals surface area contributed by atoms with Gasteiger partial charge in [-0.15, -0.1) is 11.3 Å². The number of pyridine rings is 1. The summed E-state index contributed by atoms with van der Waals surface area (Å²) in [4.78, 5) is 5.21. The third kappa shape index (κ3) is 3.26. The summed E-state index contributed by atoms with van der Waals surface area (Å²) in [5.41, 5.74) is 3.85. The highest BCUT2D eigenvalue weighted by Crippen LogP contribution is 2.28. The lowest BCUT2D eigenvalue weighted by Crippen LogP contribution is -2.29. The zero-order valence-electron chi connectivity index (χ0n) is 8.86. The molecule has 0 saturated heterocycles. The van der Waals surface area contributed by atoms with E-state index in [1.54, 1.807) is 17.5 Å². The van der Waals surface area contributed by atoms with Crippen molar-refractivity contribution in [1.29, 1.82) is 0 Å². The summed E-state index contributed by atoms with van der Waals surface area (Å²) >= 11 is 11.1. The number of nitrogens with zero attached hydrogens (tertiary/aromatic N) is 1. The number of rotatable bonds is 4. The molecular formula is C11H11BrClN3S. The summed E-state index contributed by atoms with van der Waals surface area (Å²) in [7, 11) is 0. The number of nitrogens with two attached hydrogens (primary N) is 1. The molecule has 17 heavy (non-hydrogen) atoms. The first-order valence-electron chi connectivity index (χ1n) is 5.00. The van der Waals surface area contributed by atoms with Crippen molar-refractivity contribution in [2.75, 3.05) is 0 Å². The fourth-order valence-electron chi connectivity index (χ4n) is 1.56. The Hall–Kier alpha value is -0.460. The second-order valence-corrected chi connectivity index (χ2v) is 5.77. The Bertz CT molecular complexity index is 503. The van der Waals surface area contributed by atoms with Crippen molar-refractivity contribution in [3.8, 4) is 0 Å². The van der Waals surface area contributed by atoms with Gasteiger partial charge in [0.1, 0.15) is 5.15 Å². The maximum atomic E-state index is 5.87. The standard InChI is InChI=1S/C11H11BrClN3S/c12-8-2-4-17-10(8)6-9(16-14)7-1-3-15-11(13)5-7/h1-5,9,16H,6,14H2. The van der Waals surface area contributed by atoms with Crippen LogP contribution in [-0.4, -0.2) is 4.98 Å². The summed E-state index contributed by atoms with van der Waals surface area (Å²) in [6.07, 6.45) is 2.50. The van der Waals surface area contributed by atoms with Crippen molar-refractivity contribution in [2.45, 2.75) is 12.5 Å². The van der Waals surface area contributed by atoms with Gasteiger partial charge in [-0.1, -0.05) is 11.6 Å². The molecule has 2 aromatic heterocycles. The van der Waals surface area contributed by atoms with E-state index < -0.39 is 0 Å². The van der Waals surface area contributed by atoms with Gasteiger partial charge in [-0.25, -0.2) is 4.98 Å². The van der Waals surface area contributed by atoms with Gasteiger partial charge in [0.15, 0.2) is 0 Å². The molecular weight excluding hydrogens is 322 g/mol. The predicted octanol–water partition coefficient (Wildman–Crippen LogP) is 3.31. The average Bonchev–Trinajstić information content (AvgIpc) is 2.71. The SMILES string of the molecule is NNC(Cc1sccc1Br)c1ccnc(Cl)c1. The Morgan fingerprint density at radius 1 is 1.53 bits per heavy atom. The molecule has 90 valence electrons. The number of nitrogens with one attached hydrogen (secondary N) is 1. The number of hydrogen-bond donors (Lipinski definition) is 2. The van der Waals surface area contributed by atoms with Crippen LogP contribution in [0.4, 0.5) is 0 Å². The van der Waals surface area contributed by atoms with Gasteiger partial charge in [-0.2, -0.15) is 0 Å². The van der Waals surface area contributed by atoms with Crippen molar-refractivity contribution in [3.63, 3.8) is 0 Å². The summed E-state index contributed by atoms with van der Waals surface area (Å²) < 4.78 is 1.11. The van der Waals surface area contributed by atoms with Gasteiger partial charge in [0.05, 0.1) is 6.04 Å². The van der Waals surface area contributed by atoms with Gasteiger partial charge in [0, 0.05) is 22.0 Å². The smallest absolute Gasteiger partial charge is 0.129 e. The third-order valence-electron chi connectivity index (χ3n) is 2.43. The van der Waals surface area contributed by atoms with E-state index in [2.05, 4.69) is 26.3 Å². The fraction of sp³-hybridized carbons (Fsp3) is 0.182. The molecule has 0 spiro atoms. The molecule has 1 atom stereocenters. The highest BCUT2D eigenvalue weighted by atomic mass is 79.9. The first-order valence-corrected chi connectivity index (χ1v) is 7.05. The summed E-state index contributed by atoms with van der Waals surface area (Å²) in [5, 5.41) is 2.53. The van der Waals surface area contributed by atoms with Crippen molar-refractivity contribution in [3.05, 3.63) is 49.8 Å². The Morgan fingerprint density at radius 2 is 2.35 bits per heavy atom. The summed E-state index contributed by atoms with van der Waals surface area (Å²) in [5.74, 6) is 5.60. The molecule has 0 fully saturated rings. The number of hydrazine groups is 1. The fourth-order valence-corrected chi connectivity index (χ4v) is 3.31. The third-order valence-corrected chi connectivity index (χ3v) is 4.59. The van der Waals surface area contributed by atoms with Gasteiger partial charge < -0.3 is 0 Å². The number of hydrogen-bond acceptors (Lipinski definition) is 4. The van der Waals surface area contributed by atoms with Crippen molar-refractivity contribution in [2.24, 2.45) is 5.84 Å². The van der Waals surface area contributed by atoms with E-state index in [9.17, 15) is 0 Å². The first kappa shape index (κ1) is 13.0. The lowest BCUT2D eigenvalue weighted by molar-refractivity contribution is 0.554. The molecule has 2 rings (SSSR count). The van der Waals surface area contributed by atoms with Gasteiger partial charge >= 0.3 is 0 Å². The molecule has 1 unspecified atom stereocenters. The Labute approximate surface area is 117 Å². The highest BCUT2D eigenvalue weighted by molar-refractivity contribution is 9.10. The average molecular weight is 333 g/mol. The van der Waals surface area contributed by atoms with Crippen LogP contribution in [0.2, 0.25) is 5.15 Å². The van der Waals surface area contributed by atoms with E-state index in [1.807, 2.05) is 23.6 Å². The molecule has 0 amide bonds. The molecule has 0 aliphatic carbocycles. The van der Waals surface area contributed by atoms with E-state index in [0.29, 0.717) is 5.15 Å². The van der Waals surface area contributed by atoms with Gasteiger partial charge in [-0.05, 0) is 45.1 Å². The van der Waals surface area contributed by atoms with E-state index in [0.717, 1.165) is 16.5 Å². The lowest BCUT2D eigenvalue weighted by Gasteiger charge is -2.15. The molecule has 0 saturated carbocycles. The molecule has 2 aromatic rings. The molecule has 0 bridgehead atoms. The molecule has 0 aliphatic rings. The highest BCUT2D eigenvalue weighted by Gasteiger charge is 2.13. The van der Waals surface area contributed by atoms with Gasteiger partial charge in [0.2, 0.25) is 0 Å². The minimum atomic E-state index is 0.0328. The van der Waals surface area contributed by atoms with Crippen LogP contribution in [0.1, 0.15) is 16.5 Å². The normalized spacial score (nSPS) is 12.6. The zero-order chi connectivity index (χ0) is 12.3. The van der Waals surface area contributed by atoms with Gasteiger partial charge in [-0.3, -0.25) is 11.3 Å². The van der Waals surface area contributed by atoms with Crippen LogP contribution in [0.5, 0.6) is 0 Å². The Kier molecular flexibility index (Phi) is 4.53. The van der Waals surface area contributed by atoms with Crippen LogP contribution in [-0.2, 0) is 6.42 Å². The van der Waals surface area contributed by atoms with Gasteiger partial charge in [0.25, 0.3) is 0 Å². The summed E-state index contributed by atoms with van der Waals surface area (Å²) in [6, 6.07) is 5.81. The Balaban J connectivity index is 2.20. The van der Waals surface area contributed by atoms with E-state index in [-0.39, 0.29) is 6.04 Å². The van der Waals surface area contributed by atoms with Crippen molar-refractivity contribution < 1.29 is 0 Å². The topological polar surface area (TPSA) is 50.9 Å². The van der Waals surface area contributed by atoms with Crippen LogP contribution in [0.25, 0.3) is 0 Å². The summed E-state index contributed by atoms with van der Waals surface area (Å²) in [6.45, 7) is 0. The van der Waals surface area contributed by atoms with E-state index in [4.69, 9.17) is 17.4 Å². The largest absolute Gasteiger partial charge is 0.271 e. The molecule has 0 aliphatic heterocycles. The second-order valence-electron chi connectivity index (χ2n) is 3.53. The molecule has 0 radical (unpaired) electrons. The monoisotopic (exact) mass is 331 g/mol. The van der Waals surface area contributed by atoms with Crippen molar-refractivity contribution in [1.82, 2.24) is 10.4 Å². The number of halogens is 2. The maximum absolute atomic E-state index is 5.87. The minimum absolute atomic E-state index is 0.0328. The molecule has 3 nitrogen and oxygen atoms in total. The second kappa shape index (κ2) is 5.93. The van der Waals surface area contributed by atoms with Crippen LogP contribution in [0.15, 0.2) is 34.2 Å². The Morgan fingerprint density at radius 3 is 2.94 bits per heavy atom. The van der Waals surface area contributed by atoms with Crippen LogP contribution in [0.3, 0.4) is 0 Å². The van der Waals surface area contributed by atoms with E-state index in [1.165, 1.54) is 4.88 Å². The molecule has 0 aromatic carbocycles. The molecule has 6 heteroatoms. The maximum Gasteiger partial charge on any atom is 0.129 e. The number of aromatic nitrogens is 1.